The van der Waals surface area contributed by atoms with Gasteiger partial charge >= 0.3 is 6.09 Å². The predicted molar refractivity (Wildman–Crippen MR) is 113 cm³/mol. The topological polar surface area (TPSA) is 111 Å². The average Bonchev–Trinajstić information content (AvgIpc) is 2.69. The Kier molecular flexibility index (Phi) is 8.28. The molecule has 1 fully saturated rings. The smallest absolute Gasteiger partial charge is 0.407 e. The molecular weight excluding hydrogens is 406 g/mol. The first kappa shape index (κ1) is 23.7. The van der Waals surface area contributed by atoms with Crippen molar-refractivity contribution in [3.63, 3.8) is 0 Å². The number of rotatable bonds is 6. The molecule has 1 N–H and O–H groups in total. The van der Waals surface area contributed by atoms with Crippen LogP contribution in [0.15, 0.2) is 0 Å². The Hall–Kier alpha value is -2.55. The number of ether oxygens (including phenoxy) is 2. The van der Waals surface area contributed by atoms with Gasteiger partial charge in [-0.2, -0.15) is 10.5 Å². The van der Waals surface area contributed by atoms with E-state index < -0.39 is 11.7 Å². The highest BCUT2D eigenvalue weighted by molar-refractivity contribution is 6.30. The van der Waals surface area contributed by atoms with Crippen molar-refractivity contribution < 1.29 is 14.3 Å². The third kappa shape index (κ3) is 6.22. The van der Waals surface area contributed by atoms with Crippen LogP contribution < -0.4 is 10.2 Å². The van der Waals surface area contributed by atoms with Gasteiger partial charge in [0.1, 0.15) is 28.7 Å². The zero-order chi connectivity index (χ0) is 22.3. The van der Waals surface area contributed by atoms with E-state index in [1.807, 2.05) is 32.6 Å². The molecule has 0 saturated carbocycles. The number of nitrogens with one attached hydrogen (secondary N) is 1. The lowest BCUT2D eigenvalue weighted by molar-refractivity contribution is 0.0305. The maximum absolute atomic E-state index is 11.6. The molecule has 1 aromatic heterocycles. The summed E-state index contributed by atoms with van der Waals surface area (Å²) in [7, 11) is 0. The number of alkyl carbamates (subject to hydrolysis) is 1. The molecule has 1 aliphatic rings. The summed E-state index contributed by atoms with van der Waals surface area (Å²) < 4.78 is 11.0. The van der Waals surface area contributed by atoms with Crippen LogP contribution >= 0.6 is 11.6 Å². The molecule has 0 bridgehead atoms. The molecule has 0 atom stereocenters. The predicted octanol–water partition coefficient (Wildman–Crippen LogP) is 3.55. The lowest BCUT2D eigenvalue weighted by Gasteiger charge is -2.33. The van der Waals surface area contributed by atoms with Crippen LogP contribution in [0.25, 0.3) is 0 Å². The van der Waals surface area contributed by atoms with Crippen LogP contribution in [0.4, 0.5) is 10.6 Å². The van der Waals surface area contributed by atoms with Gasteiger partial charge in [-0.3, -0.25) is 0 Å². The normalized spacial score (nSPS) is 14.7. The molecule has 0 spiro atoms. The van der Waals surface area contributed by atoms with Crippen molar-refractivity contribution in [1.82, 2.24) is 10.3 Å². The number of aromatic nitrogens is 1. The van der Waals surface area contributed by atoms with Gasteiger partial charge in [-0.05, 0) is 45.6 Å². The Morgan fingerprint density at radius 3 is 2.43 bits per heavy atom. The molecule has 0 aliphatic carbocycles. The lowest BCUT2D eigenvalue weighted by Crippen LogP contribution is -2.39. The lowest BCUT2D eigenvalue weighted by atomic mass is 10.0. The summed E-state index contributed by atoms with van der Waals surface area (Å²) in [5.41, 5.74) is 0.802. The Balaban J connectivity index is 1.89. The Morgan fingerprint density at radius 2 is 1.90 bits per heavy atom. The van der Waals surface area contributed by atoms with E-state index in [2.05, 4.69) is 22.4 Å². The standard InChI is InChI=1S/C21H28ClN5O3/c1-5-15-16(12-23)18(22)26-19(17(15)13-24)27-9-6-14(7-10-27)29-11-8-25-20(28)30-21(2,3)4/h14H,5-11H2,1-4H3,(H,25,28). The van der Waals surface area contributed by atoms with Crippen molar-refractivity contribution >= 4 is 23.5 Å². The second kappa shape index (κ2) is 10.5. The number of hydrogen-bond acceptors (Lipinski definition) is 7. The van der Waals surface area contributed by atoms with E-state index in [0.717, 1.165) is 12.8 Å². The first-order valence-electron chi connectivity index (χ1n) is 10.1. The Morgan fingerprint density at radius 1 is 1.27 bits per heavy atom. The van der Waals surface area contributed by atoms with Gasteiger partial charge in [0.05, 0.1) is 23.8 Å². The minimum Gasteiger partial charge on any atom is -0.444 e. The van der Waals surface area contributed by atoms with E-state index in [9.17, 15) is 15.3 Å². The monoisotopic (exact) mass is 433 g/mol. The van der Waals surface area contributed by atoms with Gasteiger partial charge in [0.2, 0.25) is 0 Å². The highest BCUT2D eigenvalue weighted by atomic mass is 35.5. The van der Waals surface area contributed by atoms with Gasteiger partial charge in [-0.1, -0.05) is 18.5 Å². The van der Waals surface area contributed by atoms with Crippen LogP contribution in [0.3, 0.4) is 0 Å². The van der Waals surface area contributed by atoms with E-state index >= 15 is 0 Å². The number of piperidine rings is 1. The van der Waals surface area contributed by atoms with E-state index in [4.69, 9.17) is 21.1 Å². The van der Waals surface area contributed by atoms with Crippen molar-refractivity contribution in [2.75, 3.05) is 31.1 Å². The quantitative estimate of drug-likeness (QED) is 0.539. The number of amides is 1. The van der Waals surface area contributed by atoms with Gasteiger partial charge in [-0.15, -0.1) is 0 Å². The molecule has 30 heavy (non-hydrogen) atoms. The molecule has 1 amide bonds. The number of carbonyl (C=O) groups is 1. The summed E-state index contributed by atoms with van der Waals surface area (Å²) in [5.74, 6) is 0.531. The fourth-order valence-electron chi connectivity index (χ4n) is 3.33. The van der Waals surface area contributed by atoms with Crippen LogP contribution in [-0.4, -0.2) is 49.0 Å². The molecule has 0 aromatic carbocycles. The Labute approximate surface area is 182 Å². The number of pyridine rings is 1. The number of halogens is 1. The second-order valence-corrected chi connectivity index (χ2v) is 8.38. The van der Waals surface area contributed by atoms with Gasteiger partial charge in [-0.25, -0.2) is 9.78 Å². The molecule has 8 nitrogen and oxygen atoms in total. The molecule has 1 aliphatic heterocycles. The van der Waals surface area contributed by atoms with Crippen molar-refractivity contribution in [2.24, 2.45) is 0 Å². The van der Waals surface area contributed by atoms with Gasteiger partial charge in [0.25, 0.3) is 0 Å². The van der Waals surface area contributed by atoms with Crippen LogP contribution in [-0.2, 0) is 15.9 Å². The number of hydrogen-bond donors (Lipinski definition) is 1. The van der Waals surface area contributed by atoms with Crippen molar-refractivity contribution in [3.05, 3.63) is 21.8 Å². The largest absolute Gasteiger partial charge is 0.444 e. The highest BCUT2D eigenvalue weighted by Crippen LogP contribution is 2.31. The van der Waals surface area contributed by atoms with Gasteiger partial charge in [0, 0.05) is 19.6 Å². The fourth-order valence-corrected chi connectivity index (χ4v) is 3.57. The first-order valence-corrected chi connectivity index (χ1v) is 10.4. The minimum absolute atomic E-state index is 0.0618. The second-order valence-electron chi connectivity index (χ2n) is 8.02. The maximum Gasteiger partial charge on any atom is 0.407 e. The molecule has 2 rings (SSSR count). The van der Waals surface area contributed by atoms with E-state index in [1.165, 1.54) is 0 Å². The number of nitrogens with zero attached hydrogens (tertiary/aromatic N) is 4. The third-order valence-electron chi connectivity index (χ3n) is 4.68. The third-order valence-corrected chi connectivity index (χ3v) is 4.95. The first-order chi connectivity index (χ1) is 14.2. The summed E-state index contributed by atoms with van der Waals surface area (Å²) in [6.07, 6.45) is 1.66. The van der Waals surface area contributed by atoms with Gasteiger partial charge in [0.15, 0.2) is 0 Å². The molecule has 9 heteroatoms. The van der Waals surface area contributed by atoms with E-state index in [-0.39, 0.29) is 16.8 Å². The number of carbonyl (C=O) groups excluding carboxylic acids is 1. The van der Waals surface area contributed by atoms with Crippen molar-refractivity contribution in [1.29, 1.82) is 10.5 Å². The fraction of sp³-hybridized carbons (Fsp3) is 0.619. The molecule has 1 saturated heterocycles. The van der Waals surface area contributed by atoms with E-state index in [1.54, 1.807) is 0 Å². The zero-order valence-electron chi connectivity index (χ0n) is 17.9. The van der Waals surface area contributed by atoms with E-state index in [0.29, 0.717) is 49.6 Å². The van der Waals surface area contributed by atoms with Crippen LogP contribution in [0, 0.1) is 22.7 Å². The SMILES string of the molecule is CCc1c(C#N)c(Cl)nc(N2CCC(OCCNC(=O)OC(C)(C)C)CC2)c1C#N. The van der Waals surface area contributed by atoms with Gasteiger partial charge < -0.3 is 19.7 Å². The van der Waals surface area contributed by atoms with Crippen molar-refractivity contribution in [2.45, 2.75) is 58.7 Å². The summed E-state index contributed by atoms with van der Waals surface area (Å²) in [6.45, 7) is 9.43. The highest BCUT2D eigenvalue weighted by Gasteiger charge is 2.26. The van der Waals surface area contributed by atoms with Crippen LogP contribution in [0.1, 0.15) is 57.2 Å². The zero-order valence-corrected chi connectivity index (χ0v) is 18.7. The molecule has 1 aromatic rings. The number of anilines is 1. The number of nitriles is 2. The molecule has 2 heterocycles. The van der Waals surface area contributed by atoms with Crippen LogP contribution in [0.2, 0.25) is 5.15 Å². The maximum atomic E-state index is 11.6. The minimum atomic E-state index is -0.528. The molecule has 162 valence electrons. The average molecular weight is 434 g/mol. The summed E-state index contributed by atoms with van der Waals surface area (Å²) in [6, 6.07) is 4.25. The molecular formula is C21H28ClN5O3. The van der Waals surface area contributed by atoms with Crippen LogP contribution in [0.5, 0.6) is 0 Å². The summed E-state index contributed by atoms with van der Waals surface area (Å²) in [5, 5.41) is 21.8. The van der Waals surface area contributed by atoms with Crippen molar-refractivity contribution in [3.8, 4) is 12.1 Å². The summed E-state index contributed by atoms with van der Waals surface area (Å²) in [4.78, 5) is 18.0. The molecule has 0 unspecified atom stereocenters. The molecule has 0 radical (unpaired) electrons. The Bertz CT molecular complexity index is 846. The summed E-state index contributed by atoms with van der Waals surface area (Å²) >= 11 is 6.20.